The second-order valence-electron chi connectivity index (χ2n) is 7.67. The number of anilines is 1. The Morgan fingerprint density at radius 3 is 2.43 bits per heavy atom. The lowest BCUT2D eigenvalue weighted by Crippen LogP contribution is -2.56. The Balaban J connectivity index is 1.57. The quantitative estimate of drug-likeness (QED) is 0.819. The summed E-state index contributed by atoms with van der Waals surface area (Å²) < 4.78 is 40.0. The number of aliphatic hydroxyl groups is 2. The molecule has 2 aliphatic heterocycles. The summed E-state index contributed by atoms with van der Waals surface area (Å²) >= 11 is 0. The first kappa shape index (κ1) is 19.4. The van der Waals surface area contributed by atoms with Gasteiger partial charge in [0.25, 0.3) is 0 Å². The molecule has 1 aromatic carbocycles. The molecule has 2 fully saturated rings. The van der Waals surface area contributed by atoms with E-state index in [-0.39, 0.29) is 17.7 Å². The van der Waals surface area contributed by atoms with Crippen molar-refractivity contribution in [2.24, 2.45) is 0 Å². The molecule has 0 spiro atoms. The van der Waals surface area contributed by atoms with E-state index >= 15 is 0 Å². The van der Waals surface area contributed by atoms with Crippen molar-refractivity contribution in [1.29, 1.82) is 0 Å². The third-order valence-electron chi connectivity index (χ3n) is 5.91. The van der Waals surface area contributed by atoms with Crippen molar-refractivity contribution in [2.45, 2.75) is 43.7 Å². The molecule has 5 nitrogen and oxygen atoms in total. The van der Waals surface area contributed by atoms with E-state index in [0.717, 1.165) is 25.6 Å². The Morgan fingerprint density at radius 1 is 1.00 bits per heavy atom. The summed E-state index contributed by atoms with van der Waals surface area (Å²) in [5.74, 6) is 0. The number of rotatable bonds is 2. The van der Waals surface area contributed by atoms with Crippen LogP contribution in [-0.4, -0.2) is 64.5 Å². The van der Waals surface area contributed by atoms with Crippen LogP contribution in [0.15, 0.2) is 30.5 Å². The van der Waals surface area contributed by atoms with E-state index in [1.165, 1.54) is 12.3 Å². The zero-order chi connectivity index (χ0) is 19.9. The number of nitrogens with zero attached hydrogens (tertiary/aromatic N) is 3. The number of hydrogen-bond donors (Lipinski definition) is 2. The molecule has 2 atom stereocenters. The third kappa shape index (κ3) is 3.68. The predicted octanol–water partition coefficient (Wildman–Crippen LogP) is 2.65. The van der Waals surface area contributed by atoms with Crippen LogP contribution in [0.5, 0.6) is 0 Å². The molecule has 0 saturated carbocycles. The summed E-state index contributed by atoms with van der Waals surface area (Å²) in [6.45, 7) is 2.53. The highest BCUT2D eigenvalue weighted by Crippen LogP contribution is 2.37. The second-order valence-corrected chi connectivity index (χ2v) is 7.67. The van der Waals surface area contributed by atoms with Gasteiger partial charge in [-0.25, -0.2) is 0 Å². The molecule has 2 N–H and O–H groups in total. The Hall–Kier alpha value is -1.90. The number of aromatic nitrogens is 1. The smallest absolute Gasteiger partial charge is 0.393 e. The van der Waals surface area contributed by atoms with E-state index < -0.39 is 17.8 Å². The fraction of sp³-hybridized carbons (Fsp3) is 0.550. The maximum absolute atomic E-state index is 13.3. The highest BCUT2D eigenvalue weighted by Gasteiger charge is 2.36. The van der Waals surface area contributed by atoms with E-state index in [1.807, 2.05) is 4.90 Å². The van der Waals surface area contributed by atoms with Gasteiger partial charge in [-0.05, 0) is 31.4 Å². The van der Waals surface area contributed by atoms with Crippen LogP contribution < -0.4 is 4.90 Å². The average Bonchev–Trinajstić information content (AvgIpc) is 2.67. The first-order valence-corrected chi connectivity index (χ1v) is 9.64. The largest absolute Gasteiger partial charge is 0.418 e. The fourth-order valence-electron chi connectivity index (χ4n) is 4.45. The van der Waals surface area contributed by atoms with Crippen LogP contribution in [0.1, 0.15) is 24.8 Å². The molecular weight excluding hydrogens is 371 g/mol. The summed E-state index contributed by atoms with van der Waals surface area (Å²) in [6.07, 6.45) is -1.78. The number of β-amino-alcohol motifs (C(OH)–C–C–N with tert-alkyl or cyclic N) is 1. The summed E-state index contributed by atoms with van der Waals surface area (Å²) in [4.78, 5) is 8.15. The van der Waals surface area contributed by atoms with Crippen LogP contribution in [0, 0.1) is 0 Å². The first-order chi connectivity index (χ1) is 13.3. The summed E-state index contributed by atoms with van der Waals surface area (Å²) in [5.41, 5.74) is -0.133. The van der Waals surface area contributed by atoms with Gasteiger partial charge in [0.05, 0.1) is 23.3 Å². The molecule has 152 valence electrons. The number of alkyl halides is 3. The molecule has 0 radical (unpaired) electrons. The van der Waals surface area contributed by atoms with Gasteiger partial charge in [-0.15, -0.1) is 0 Å². The molecule has 2 aliphatic rings. The molecule has 4 rings (SSSR count). The highest BCUT2D eigenvalue weighted by atomic mass is 19.4. The van der Waals surface area contributed by atoms with Crippen LogP contribution in [0.2, 0.25) is 0 Å². The summed E-state index contributed by atoms with van der Waals surface area (Å²) in [5, 5.41) is 20.9. The lowest BCUT2D eigenvalue weighted by molar-refractivity contribution is -0.136. The zero-order valence-corrected chi connectivity index (χ0v) is 15.4. The number of fused-ring (bicyclic) bond motifs is 1. The maximum Gasteiger partial charge on any atom is 0.418 e. The minimum absolute atomic E-state index is 0.0163. The van der Waals surface area contributed by atoms with Gasteiger partial charge >= 0.3 is 6.18 Å². The Kier molecular flexibility index (Phi) is 5.20. The minimum Gasteiger partial charge on any atom is -0.393 e. The topological polar surface area (TPSA) is 59.8 Å². The Bertz CT molecular complexity index is 837. The van der Waals surface area contributed by atoms with Gasteiger partial charge in [-0.1, -0.05) is 12.1 Å². The first-order valence-electron chi connectivity index (χ1n) is 9.64. The van der Waals surface area contributed by atoms with Crippen molar-refractivity contribution in [3.05, 3.63) is 36.0 Å². The molecule has 8 heteroatoms. The van der Waals surface area contributed by atoms with Crippen molar-refractivity contribution in [1.82, 2.24) is 9.88 Å². The minimum atomic E-state index is -4.46. The van der Waals surface area contributed by atoms with Gasteiger partial charge in [0, 0.05) is 49.5 Å². The van der Waals surface area contributed by atoms with Gasteiger partial charge in [0.2, 0.25) is 0 Å². The van der Waals surface area contributed by atoms with Crippen LogP contribution in [0.4, 0.5) is 18.9 Å². The zero-order valence-electron chi connectivity index (χ0n) is 15.4. The summed E-state index contributed by atoms with van der Waals surface area (Å²) in [7, 11) is 0. The monoisotopic (exact) mass is 395 g/mol. The predicted molar refractivity (Wildman–Crippen MR) is 100 cm³/mol. The van der Waals surface area contributed by atoms with Crippen LogP contribution in [0.25, 0.3) is 10.9 Å². The van der Waals surface area contributed by atoms with Crippen LogP contribution in [0.3, 0.4) is 0 Å². The molecule has 2 aromatic rings. The van der Waals surface area contributed by atoms with Crippen molar-refractivity contribution in [3.8, 4) is 0 Å². The Labute approximate surface area is 161 Å². The molecule has 0 unspecified atom stereocenters. The molecule has 3 heterocycles. The molecule has 2 saturated heterocycles. The van der Waals surface area contributed by atoms with Gasteiger partial charge in [-0.2, -0.15) is 13.2 Å². The molecular formula is C20H24F3N3O2. The SMILES string of the molecule is OC1CCN([C@@H]2CCN(c3ccnc4c(C(F)(F)F)cccc34)C[C@H]2O)CC1. The number of piperidine rings is 2. The Morgan fingerprint density at radius 2 is 1.75 bits per heavy atom. The van der Waals surface area contributed by atoms with E-state index in [4.69, 9.17) is 0 Å². The van der Waals surface area contributed by atoms with Crippen molar-refractivity contribution in [2.75, 3.05) is 31.1 Å². The van der Waals surface area contributed by atoms with Gasteiger partial charge < -0.3 is 15.1 Å². The molecule has 0 aliphatic carbocycles. The fourth-order valence-corrected chi connectivity index (χ4v) is 4.45. The normalized spacial score (nSPS) is 25.4. The molecule has 0 bridgehead atoms. The molecule has 28 heavy (non-hydrogen) atoms. The van der Waals surface area contributed by atoms with E-state index in [1.54, 1.807) is 12.1 Å². The van der Waals surface area contributed by atoms with Gasteiger partial charge in [0.1, 0.15) is 0 Å². The maximum atomic E-state index is 13.3. The number of halogens is 3. The number of aliphatic hydroxyl groups excluding tert-OH is 2. The highest BCUT2D eigenvalue weighted by molar-refractivity contribution is 5.93. The van der Waals surface area contributed by atoms with Crippen LogP contribution >= 0.6 is 0 Å². The van der Waals surface area contributed by atoms with E-state index in [0.29, 0.717) is 37.0 Å². The van der Waals surface area contributed by atoms with Crippen molar-refractivity contribution < 1.29 is 23.4 Å². The van der Waals surface area contributed by atoms with Crippen molar-refractivity contribution in [3.63, 3.8) is 0 Å². The van der Waals surface area contributed by atoms with E-state index in [9.17, 15) is 23.4 Å². The number of hydrogen-bond acceptors (Lipinski definition) is 5. The summed E-state index contributed by atoms with van der Waals surface area (Å²) in [6, 6.07) is 5.83. The second kappa shape index (κ2) is 7.50. The van der Waals surface area contributed by atoms with Gasteiger partial charge in [-0.3, -0.25) is 9.88 Å². The number of benzene rings is 1. The average molecular weight is 395 g/mol. The lowest BCUT2D eigenvalue weighted by Gasteiger charge is -2.44. The van der Waals surface area contributed by atoms with Crippen molar-refractivity contribution >= 4 is 16.6 Å². The van der Waals surface area contributed by atoms with E-state index in [2.05, 4.69) is 9.88 Å². The van der Waals surface area contributed by atoms with Crippen LogP contribution in [-0.2, 0) is 6.18 Å². The lowest BCUT2D eigenvalue weighted by atomic mass is 9.96. The standard InChI is InChI=1S/C20H24F3N3O2/c21-20(22,23)15-3-1-2-14-16(4-8-24-19(14)15)26-11-7-17(18(28)12-26)25-9-5-13(27)6-10-25/h1-4,8,13,17-18,27-28H,5-7,9-12H2/t17-,18-/m1/s1. The molecule has 1 aromatic heterocycles. The molecule has 0 amide bonds. The number of likely N-dealkylation sites (tertiary alicyclic amines) is 1. The van der Waals surface area contributed by atoms with Gasteiger partial charge in [0.15, 0.2) is 0 Å². The third-order valence-corrected chi connectivity index (χ3v) is 5.91. The number of para-hydroxylation sites is 1. The number of pyridine rings is 1.